The van der Waals surface area contributed by atoms with Crippen molar-refractivity contribution in [3.8, 4) is 0 Å². The third kappa shape index (κ3) is 10.1. The average Bonchev–Trinajstić information content (AvgIpc) is 2.70. The van der Waals surface area contributed by atoms with E-state index in [0.29, 0.717) is 17.5 Å². The summed E-state index contributed by atoms with van der Waals surface area (Å²) in [6.07, 6.45) is 12.3. The maximum Gasteiger partial charge on any atom is 0.186 e. The van der Waals surface area contributed by atoms with Gasteiger partial charge in [-0.1, -0.05) is 79.6 Å². The Morgan fingerprint density at radius 2 is 1.52 bits per heavy atom. The summed E-state index contributed by atoms with van der Waals surface area (Å²) in [7, 11) is 0. The zero-order valence-corrected chi connectivity index (χ0v) is 19.7. The molecule has 0 bridgehead atoms. The molecule has 0 saturated heterocycles. The number of hydrogen-bond acceptors (Lipinski definition) is 0. The van der Waals surface area contributed by atoms with Crippen LogP contribution in [0.1, 0.15) is 98.8 Å². The topological polar surface area (TPSA) is 4.44 Å². The Hall–Kier alpha value is -0.960. The SMILES string of the molecule is CCCCC(CC)CC[NH+](CC(C)CCC(CC)CCC)c1ccc(F)cc1F. The highest BCUT2D eigenvalue weighted by Crippen LogP contribution is 2.21. The second kappa shape index (κ2) is 14.9. The molecule has 0 aromatic heterocycles. The van der Waals surface area contributed by atoms with E-state index in [1.54, 1.807) is 6.07 Å². The summed E-state index contributed by atoms with van der Waals surface area (Å²) in [5, 5.41) is 0. The van der Waals surface area contributed by atoms with Crippen LogP contribution < -0.4 is 4.90 Å². The average molecular weight is 411 g/mol. The van der Waals surface area contributed by atoms with Crippen molar-refractivity contribution in [1.82, 2.24) is 0 Å². The Kier molecular flexibility index (Phi) is 13.4. The lowest BCUT2D eigenvalue weighted by Crippen LogP contribution is -3.08. The van der Waals surface area contributed by atoms with E-state index in [4.69, 9.17) is 0 Å². The van der Waals surface area contributed by atoms with Gasteiger partial charge in [0, 0.05) is 18.1 Å². The first-order valence-electron chi connectivity index (χ1n) is 12.2. The van der Waals surface area contributed by atoms with Gasteiger partial charge in [0.1, 0.15) is 5.82 Å². The molecule has 0 amide bonds. The first-order chi connectivity index (χ1) is 13.9. The fraction of sp³-hybridized carbons (Fsp3) is 0.769. The number of hydrogen-bond donors (Lipinski definition) is 1. The minimum atomic E-state index is -0.488. The normalized spacial score (nSPS) is 15.8. The molecule has 1 aromatic carbocycles. The monoisotopic (exact) mass is 410 g/mol. The Bertz CT molecular complexity index is 546. The summed E-state index contributed by atoms with van der Waals surface area (Å²) < 4.78 is 28.0. The number of quaternary nitrogens is 1. The van der Waals surface area contributed by atoms with Crippen LogP contribution in [0.25, 0.3) is 0 Å². The van der Waals surface area contributed by atoms with E-state index in [-0.39, 0.29) is 0 Å². The van der Waals surface area contributed by atoms with E-state index < -0.39 is 11.6 Å². The van der Waals surface area contributed by atoms with Gasteiger partial charge in [0.2, 0.25) is 0 Å². The Balaban J connectivity index is 2.78. The predicted octanol–water partition coefficient (Wildman–Crippen LogP) is 7.33. The van der Waals surface area contributed by atoms with Crippen molar-refractivity contribution in [1.29, 1.82) is 0 Å². The quantitative estimate of drug-likeness (QED) is 0.291. The summed E-state index contributed by atoms with van der Waals surface area (Å²) >= 11 is 0. The molecule has 0 fully saturated rings. The van der Waals surface area contributed by atoms with Gasteiger partial charge < -0.3 is 0 Å². The van der Waals surface area contributed by atoms with Gasteiger partial charge in [-0.2, -0.15) is 0 Å². The molecular weight excluding hydrogens is 364 g/mol. The third-order valence-corrected chi connectivity index (χ3v) is 6.65. The van der Waals surface area contributed by atoms with Crippen molar-refractivity contribution in [2.75, 3.05) is 13.1 Å². The number of halogens is 2. The smallest absolute Gasteiger partial charge is 0.186 e. The highest BCUT2D eigenvalue weighted by atomic mass is 19.1. The summed E-state index contributed by atoms with van der Waals surface area (Å²) in [6, 6.07) is 4.11. The molecule has 168 valence electrons. The molecule has 0 heterocycles. The number of benzene rings is 1. The van der Waals surface area contributed by atoms with Crippen LogP contribution in [0.5, 0.6) is 0 Å². The molecule has 3 heteroatoms. The van der Waals surface area contributed by atoms with Crippen molar-refractivity contribution in [2.45, 2.75) is 98.8 Å². The lowest BCUT2D eigenvalue weighted by atomic mass is 9.91. The summed E-state index contributed by atoms with van der Waals surface area (Å²) in [6.45, 7) is 13.2. The minimum absolute atomic E-state index is 0.397. The van der Waals surface area contributed by atoms with Crippen molar-refractivity contribution in [3.05, 3.63) is 29.8 Å². The van der Waals surface area contributed by atoms with Crippen molar-refractivity contribution >= 4 is 5.69 Å². The van der Waals surface area contributed by atoms with Crippen LogP contribution in [0.3, 0.4) is 0 Å². The van der Waals surface area contributed by atoms with Crippen molar-refractivity contribution < 1.29 is 13.7 Å². The lowest BCUT2D eigenvalue weighted by Gasteiger charge is -2.26. The molecule has 0 saturated carbocycles. The molecule has 1 nitrogen and oxygen atoms in total. The van der Waals surface area contributed by atoms with Crippen LogP contribution in [-0.4, -0.2) is 13.1 Å². The van der Waals surface area contributed by atoms with E-state index in [1.165, 1.54) is 68.8 Å². The van der Waals surface area contributed by atoms with E-state index in [2.05, 4.69) is 34.6 Å². The van der Waals surface area contributed by atoms with Gasteiger partial charge in [-0.05, 0) is 37.2 Å². The van der Waals surface area contributed by atoms with Gasteiger partial charge in [0.15, 0.2) is 11.5 Å². The molecule has 4 atom stereocenters. The summed E-state index contributed by atoms with van der Waals surface area (Å²) in [5.41, 5.74) is 0.643. The molecule has 4 unspecified atom stereocenters. The molecule has 1 rings (SSSR count). The van der Waals surface area contributed by atoms with E-state index in [0.717, 1.165) is 31.5 Å². The molecule has 0 aliphatic carbocycles. The van der Waals surface area contributed by atoms with Gasteiger partial charge >= 0.3 is 0 Å². The highest BCUT2D eigenvalue weighted by molar-refractivity contribution is 5.31. The Labute approximate surface area is 179 Å². The van der Waals surface area contributed by atoms with E-state index in [9.17, 15) is 8.78 Å². The lowest BCUT2D eigenvalue weighted by molar-refractivity contribution is -0.838. The zero-order chi connectivity index (χ0) is 21.6. The molecule has 29 heavy (non-hydrogen) atoms. The molecule has 0 aliphatic heterocycles. The standard InChI is InChI=1S/C26H45F2N/c1-6-10-12-23(9-4)17-18-29(26-16-15-24(27)19-25(26)28)20-21(5)13-14-22(8-3)11-7-2/h15-16,19,21-23H,6-14,17-18,20H2,1-5H3/p+1. The predicted molar refractivity (Wildman–Crippen MR) is 122 cm³/mol. The van der Waals surface area contributed by atoms with Crippen LogP contribution in [0.4, 0.5) is 14.5 Å². The third-order valence-electron chi connectivity index (χ3n) is 6.65. The highest BCUT2D eigenvalue weighted by Gasteiger charge is 2.22. The maximum atomic E-state index is 14.6. The second-order valence-corrected chi connectivity index (χ2v) is 9.13. The van der Waals surface area contributed by atoms with Gasteiger partial charge in [-0.3, -0.25) is 4.90 Å². The maximum absolute atomic E-state index is 14.6. The fourth-order valence-electron chi connectivity index (χ4n) is 4.55. The summed E-state index contributed by atoms with van der Waals surface area (Å²) in [5.74, 6) is 1.17. The van der Waals surface area contributed by atoms with Crippen LogP contribution in [0, 0.1) is 29.4 Å². The number of unbranched alkanes of at least 4 members (excludes halogenated alkanes) is 1. The zero-order valence-electron chi connectivity index (χ0n) is 19.7. The van der Waals surface area contributed by atoms with Crippen LogP contribution in [0.15, 0.2) is 18.2 Å². The molecule has 0 spiro atoms. The van der Waals surface area contributed by atoms with E-state index >= 15 is 0 Å². The molecular formula is C26H46F2N+. The van der Waals surface area contributed by atoms with Crippen LogP contribution in [0.2, 0.25) is 0 Å². The van der Waals surface area contributed by atoms with Crippen LogP contribution in [-0.2, 0) is 0 Å². The first kappa shape index (κ1) is 26.1. The molecule has 1 aromatic rings. The Morgan fingerprint density at radius 1 is 0.828 bits per heavy atom. The number of rotatable bonds is 16. The minimum Gasteiger partial charge on any atom is -0.300 e. The van der Waals surface area contributed by atoms with Crippen molar-refractivity contribution in [2.24, 2.45) is 17.8 Å². The first-order valence-corrected chi connectivity index (χ1v) is 12.2. The summed E-state index contributed by atoms with van der Waals surface area (Å²) in [4.78, 5) is 1.19. The Morgan fingerprint density at radius 3 is 2.10 bits per heavy atom. The molecule has 1 N–H and O–H groups in total. The van der Waals surface area contributed by atoms with Gasteiger partial charge in [0.25, 0.3) is 0 Å². The molecule has 0 aliphatic rings. The fourth-order valence-corrected chi connectivity index (χ4v) is 4.55. The van der Waals surface area contributed by atoms with Crippen molar-refractivity contribution in [3.63, 3.8) is 0 Å². The largest absolute Gasteiger partial charge is 0.300 e. The van der Waals surface area contributed by atoms with Crippen LogP contribution >= 0.6 is 0 Å². The number of nitrogens with one attached hydrogen (secondary N) is 1. The van der Waals surface area contributed by atoms with Gasteiger partial charge in [-0.25, -0.2) is 8.78 Å². The van der Waals surface area contributed by atoms with E-state index in [1.807, 2.05) is 0 Å². The second-order valence-electron chi connectivity index (χ2n) is 9.13. The molecule has 0 radical (unpaired) electrons. The van der Waals surface area contributed by atoms with Gasteiger partial charge in [0.05, 0.1) is 13.1 Å². The van der Waals surface area contributed by atoms with Gasteiger partial charge in [-0.15, -0.1) is 0 Å².